The maximum atomic E-state index is 12.2. The Morgan fingerprint density at radius 1 is 1.13 bits per heavy atom. The molecule has 1 aliphatic heterocycles. The van der Waals surface area contributed by atoms with Gasteiger partial charge in [0.2, 0.25) is 0 Å². The van der Waals surface area contributed by atoms with Crippen LogP contribution >= 0.6 is 0 Å². The van der Waals surface area contributed by atoms with E-state index in [1.807, 2.05) is 38.1 Å². The molecule has 1 fully saturated rings. The van der Waals surface area contributed by atoms with Gasteiger partial charge in [-0.15, -0.1) is 0 Å². The van der Waals surface area contributed by atoms with Gasteiger partial charge in [-0.3, -0.25) is 4.79 Å². The minimum absolute atomic E-state index is 0.0201. The maximum absolute atomic E-state index is 12.2. The third kappa shape index (κ3) is 4.69. The molecule has 6 nitrogen and oxygen atoms in total. The topological polar surface area (TPSA) is 61.9 Å². The Balaban J connectivity index is 1.88. The zero-order chi connectivity index (χ0) is 16.7. The molecule has 2 amide bonds. The number of Topliss-reactive ketones (excluding diaryl/α,β-unsaturated/α-hetero) is 1. The van der Waals surface area contributed by atoms with Gasteiger partial charge >= 0.3 is 6.03 Å². The van der Waals surface area contributed by atoms with Crippen LogP contribution in [0.2, 0.25) is 0 Å². The molecule has 1 aromatic rings. The Kier molecular flexibility index (Phi) is 6.40. The molecule has 2 rings (SSSR count). The number of rotatable bonds is 6. The molecular weight excluding hydrogens is 294 g/mol. The Morgan fingerprint density at radius 2 is 1.74 bits per heavy atom. The molecule has 1 heterocycles. The van der Waals surface area contributed by atoms with Gasteiger partial charge in [0.15, 0.2) is 5.78 Å². The van der Waals surface area contributed by atoms with Gasteiger partial charge in [-0.2, -0.15) is 0 Å². The predicted octanol–water partition coefficient (Wildman–Crippen LogP) is 1.76. The smallest absolute Gasteiger partial charge is 0.317 e. The number of carbonyl (C=O) groups excluding carboxylic acids is 2. The first-order chi connectivity index (χ1) is 11.2. The molecule has 6 heteroatoms. The second-order valence-electron chi connectivity index (χ2n) is 5.40. The summed E-state index contributed by atoms with van der Waals surface area (Å²) in [6.45, 7) is 8.31. The third-order valence-electron chi connectivity index (χ3n) is 4.02. The van der Waals surface area contributed by atoms with Crippen LogP contribution in [0.3, 0.4) is 0 Å². The number of hydrogen-bond acceptors (Lipinski definition) is 4. The normalized spacial score (nSPS) is 14.4. The quantitative estimate of drug-likeness (QED) is 0.812. The molecule has 0 aromatic heterocycles. The van der Waals surface area contributed by atoms with Crippen LogP contribution in [-0.4, -0.2) is 62.7 Å². The molecule has 0 bridgehead atoms. The minimum atomic E-state index is -0.201. The second kappa shape index (κ2) is 8.53. The number of hydrogen-bond donors (Lipinski definition) is 1. The molecule has 1 N–H and O–H groups in total. The summed E-state index contributed by atoms with van der Waals surface area (Å²) in [5, 5.41) is 2.67. The van der Waals surface area contributed by atoms with Gasteiger partial charge in [0.1, 0.15) is 0 Å². The molecule has 1 aliphatic rings. The highest BCUT2D eigenvalue weighted by molar-refractivity contribution is 5.99. The number of urea groups is 1. The highest BCUT2D eigenvalue weighted by Gasteiger charge is 2.14. The van der Waals surface area contributed by atoms with Crippen molar-refractivity contribution in [1.29, 1.82) is 0 Å². The van der Waals surface area contributed by atoms with Crippen molar-refractivity contribution in [3.63, 3.8) is 0 Å². The summed E-state index contributed by atoms with van der Waals surface area (Å²) in [5.74, 6) is -0.0842. The fourth-order valence-corrected chi connectivity index (χ4v) is 2.56. The summed E-state index contributed by atoms with van der Waals surface area (Å²) in [6, 6.07) is 7.33. The Labute approximate surface area is 137 Å². The molecule has 0 aliphatic carbocycles. The highest BCUT2D eigenvalue weighted by atomic mass is 16.5. The van der Waals surface area contributed by atoms with Gasteiger partial charge in [0.25, 0.3) is 0 Å². The number of carbonyl (C=O) groups is 2. The van der Waals surface area contributed by atoms with Crippen LogP contribution in [-0.2, 0) is 4.74 Å². The van der Waals surface area contributed by atoms with Crippen molar-refractivity contribution in [2.75, 3.05) is 50.8 Å². The van der Waals surface area contributed by atoms with Gasteiger partial charge in [0.05, 0.1) is 19.8 Å². The molecule has 0 atom stereocenters. The monoisotopic (exact) mass is 319 g/mol. The fourth-order valence-electron chi connectivity index (χ4n) is 2.56. The fraction of sp³-hybridized carbons (Fsp3) is 0.529. The summed E-state index contributed by atoms with van der Waals surface area (Å²) in [6.07, 6.45) is 0. The van der Waals surface area contributed by atoms with E-state index in [9.17, 15) is 9.59 Å². The van der Waals surface area contributed by atoms with Gasteiger partial charge in [-0.05, 0) is 38.1 Å². The average Bonchev–Trinajstić information content (AvgIpc) is 2.61. The van der Waals surface area contributed by atoms with E-state index >= 15 is 0 Å². The summed E-state index contributed by atoms with van der Waals surface area (Å²) in [4.78, 5) is 27.9. The van der Waals surface area contributed by atoms with E-state index in [4.69, 9.17) is 4.74 Å². The van der Waals surface area contributed by atoms with E-state index in [-0.39, 0.29) is 18.4 Å². The van der Waals surface area contributed by atoms with Crippen LogP contribution in [0.1, 0.15) is 24.2 Å². The van der Waals surface area contributed by atoms with Crippen LogP contribution in [0.5, 0.6) is 0 Å². The number of anilines is 1. The molecule has 0 spiro atoms. The van der Waals surface area contributed by atoms with E-state index in [0.717, 1.165) is 32.0 Å². The molecule has 1 saturated heterocycles. The zero-order valence-electron chi connectivity index (χ0n) is 13.9. The first-order valence-electron chi connectivity index (χ1n) is 8.14. The van der Waals surface area contributed by atoms with Crippen molar-refractivity contribution in [3.05, 3.63) is 29.8 Å². The number of ketones is 1. The average molecular weight is 319 g/mol. The SMILES string of the molecule is CCN(CC)C(=O)NCC(=O)c1ccc(N2CCOCC2)cc1. The lowest BCUT2D eigenvalue weighted by Crippen LogP contribution is -2.41. The Bertz CT molecular complexity index is 520. The summed E-state index contributed by atoms with van der Waals surface area (Å²) >= 11 is 0. The number of benzene rings is 1. The van der Waals surface area contributed by atoms with Crippen molar-refractivity contribution < 1.29 is 14.3 Å². The number of nitrogens with one attached hydrogen (secondary N) is 1. The van der Waals surface area contributed by atoms with Crippen LogP contribution in [0.15, 0.2) is 24.3 Å². The van der Waals surface area contributed by atoms with Crippen LogP contribution in [0.4, 0.5) is 10.5 Å². The number of morpholine rings is 1. The number of amides is 2. The minimum Gasteiger partial charge on any atom is -0.378 e. The van der Waals surface area contributed by atoms with Crippen molar-refractivity contribution in [1.82, 2.24) is 10.2 Å². The van der Waals surface area contributed by atoms with Gasteiger partial charge in [-0.25, -0.2) is 4.79 Å². The lowest BCUT2D eigenvalue weighted by Gasteiger charge is -2.28. The highest BCUT2D eigenvalue weighted by Crippen LogP contribution is 2.16. The summed E-state index contributed by atoms with van der Waals surface area (Å²) in [7, 11) is 0. The van der Waals surface area contributed by atoms with Crippen LogP contribution in [0, 0.1) is 0 Å². The molecule has 0 unspecified atom stereocenters. The summed E-state index contributed by atoms with van der Waals surface area (Å²) in [5.41, 5.74) is 1.71. The molecule has 23 heavy (non-hydrogen) atoms. The first-order valence-corrected chi connectivity index (χ1v) is 8.14. The molecule has 126 valence electrons. The van der Waals surface area contributed by atoms with Gasteiger partial charge in [0, 0.05) is 37.4 Å². The van der Waals surface area contributed by atoms with Gasteiger partial charge in [-0.1, -0.05) is 0 Å². The maximum Gasteiger partial charge on any atom is 0.317 e. The van der Waals surface area contributed by atoms with Crippen LogP contribution < -0.4 is 10.2 Å². The third-order valence-corrected chi connectivity index (χ3v) is 4.02. The molecule has 1 aromatic carbocycles. The zero-order valence-corrected chi connectivity index (χ0v) is 13.9. The van der Waals surface area contributed by atoms with Crippen molar-refractivity contribution in [3.8, 4) is 0 Å². The van der Waals surface area contributed by atoms with Crippen molar-refractivity contribution in [2.24, 2.45) is 0 Å². The molecule has 0 radical (unpaired) electrons. The lowest BCUT2D eigenvalue weighted by molar-refractivity contribution is 0.0989. The van der Waals surface area contributed by atoms with E-state index in [1.165, 1.54) is 0 Å². The van der Waals surface area contributed by atoms with Crippen molar-refractivity contribution >= 4 is 17.5 Å². The van der Waals surface area contributed by atoms with E-state index in [2.05, 4.69) is 10.2 Å². The predicted molar refractivity (Wildman–Crippen MR) is 90.1 cm³/mol. The first kappa shape index (κ1) is 17.3. The number of nitrogens with zero attached hydrogens (tertiary/aromatic N) is 2. The Hall–Kier alpha value is -2.08. The summed E-state index contributed by atoms with van der Waals surface area (Å²) < 4.78 is 5.34. The largest absolute Gasteiger partial charge is 0.378 e. The Morgan fingerprint density at radius 3 is 2.30 bits per heavy atom. The van der Waals surface area contributed by atoms with E-state index < -0.39 is 0 Å². The second-order valence-corrected chi connectivity index (χ2v) is 5.40. The molecule has 0 saturated carbocycles. The van der Waals surface area contributed by atoms with Crippen molar-refractivity contribution in [2.45, 2.75) is 13.8 Å². The number of ether oxygens (including phenoxy) is 1. The van der Waals surface area contributed by atoms with Gasteiger partial charge < -0.3 is 19.9 Å². The van der Waals surface area contributed by atoms with E-state index in [0.29, 0.717) is 18.7 Å². The van der Waals surface area contributed by atoms with Crippen LogP contribution in [0.25, 0.3) is 0 Å². The molecular formula is C17H25N3O3. The lowest BCUT2D eigenvalue weighted by atomic mass is 10.1. The van der Waals surface area contributed by atoms with E-state index in [1.54, 1.807) is 4.90 Å². The standard InChI is InChI=1S/C17H25N3O3/c1-3-19(4-2)17(22)18-13-16(21)14-5-7-15(8-6-14)20-9-11-23-12-10-20/h5-8H,3-4,9-13H2,1-2H3,(H,18,22).